The van der Waals surface area contributed by atoms with Gasteiger partial charge in [0.1, 0.15) is 5.75 Å². The Bertz CT molecular complexity index is 367. The SMILES string of the molecule is COc1cc(Br)c(OC)c([N+](=O)[O-])c1. The molecule has 0 aromatic heterocycles. The maximum Gasteiger partial charge on any atom is 0.315 e. The van der Waals surface area contributed by atoms with E-state index in [9.17, 15) is 10.1 Å². The second-order valence-electron chi connectivity index (χ2n) is 2.42. The molecule has 0 N–H and O–H groups in total. The van der Waals surface area contributed by atoms with Crippen LogP contribution < -0.4 is 9.47 Å². The first kappa shape index (κ1) is 10.8. The van der Waals surface area contributed by atoms with Gasteiger partial charge in [0.15, 0.2) is 0 Å². The van der Waals surface area contributed by atoms with Gasteiger partial charge in [0.2, 0.25) is 5.75 Å². The van der Waals surface area contributed by atoms with E-state index in [0.29, 0.717) is 10.2 Å². The predicted molar refractivity (Wildman–Crippen MR) is 53.9 cm³/mol. The maximum atomic E-state index is 10.7. The van der Waals surface area contributed by atoms with Crippen LogP contribution in [0, 0.1) is 10.1 Å². The third-order valence-corrected chi connectivity index (χ3v) is 2.22. The first-order chi connectivity index (χ1) is 6.60. The van der Waals surface area contributed by atoms with Crippen LogP contribution in [0.5, 0.6) is 11.5 Å². The molecule has 0 radical (unpaired) electrons. The lowest BCUT2D eigenvalue weighted by Gasteiger charge is -2.06. The number of benzene rings is 1. The van der Waals surface area contributed by atoms with Crippen molar-refractivity contribution in [2.24, 2.45) is 0 Å². The van der Waals surface area contributed by atoms with Crippen LogP contribution in [0.25, 0.3) is 0 Å². The van der Waals surface area contributed by atoms with Crippen LogP contribution in [0.1, 0.15) is 0 Å². The molecule has 0 aliphatic heterocycles. The molecule has 0 aliphatic carbocycles. The van der Waals surface area contributed by atoms with Crippen molar-refractivity contribution < 1.29 is 14.4 Å². The number of methoxy groups -OCH3 is 2. The van der Waals surface area contributed by atoms with Crippen molar-refractivity contribution >= 4 is 21.6 Å². The highest BCUT2D eigenvalue weighted by atomic mass is 79.9. The standard InChI is InChI=1S/C8H8BrNO4/c1-13-5-3-6(9)8(14-2)7(4-5)10(11)12/h3-4H,1-2H3. The van der Waals surface area contributed by atoms with E-state index in [4.69, 9.17) is 9.47 Å². The predicted octanol–water partition coefficient (Wildman–Crippen LogP) is 2.37. The molecule has 0 heterocycles. The molecule has 0 fully saturated rings. The molecule has 0 spiro atoms. The second kappa shape index (κ2) is 4.28. The van der Waals surface area contributed by atoms with E-state index in [2.05, 4.69) is 15.9 Å². The van der Waals surface area contributed by atoms with Crippen molar-refractivity contribution in [1.29, 1.82) is 0 Å². The molecule has 0 aliphatic rings. The molecule has 1 aromatic carbocycles. The molecule has 0 bridgehead atoms. The summed E-state index contributed by atoms with van der Waals surface area (Å²) in [6.07, 6.45) is 0. The molecule has 1 aromatic rings. The molecule has 0 saturated heterocycles. The topological polar surface area (TPSA) is 61.6 Å². The number of nitrogens with zero attached hydrogens (tertiary/aromatic N) is 1. The van der Waals surface area contributed by atoms with Crippen molar-refractivity contribution in [3.8, 4) is 11.5 Å². The summed E-state index contributed by atoms with van der Waals surface area (Å²) in [5.74, 6) is 0.597. The zero-order chi connectivity index (χ0) is 10.7. The van der Waals surface area contributed by atoms with Gasteiger partial charge < -0.3 is 9.47 Å². The lowest BCUT2D eigenvalue weighted by molar-refractivity contribution is -0.385. The normalized spacial score (nSPS) is 9.64. The fraction of sp³-hybridized carbons (Fsp3) is 0.250. The van der Waals surface area contributed by atoms with Gasteiger partial charge in [-0.15, -0.1) is 0 Å². The minimum absolute atomic E-state index is 0.126. The molecule has 0 atom stereocenters. The van der Waals surface area contributed by atoms with Crippen LogP contribution in [0.3, 0.4) is 0 Å². The zero-order valence-corrected chi connectivity index (χ0v) is 9.20. The first-order valence-electron chi connectivity index (χ1n) is 3.66. The van der Waals surface area contributed by atoms with E-state index < -0.39 is 4.92 Å². The van der Waals surface area contributed by atoms with Gasteiger partial charge in [-0.05, 0) is 22.0 Å². The maximum absolute atomic E-state index is 10.7. The summed E-state index contributed by atoms with van der Waals surface area (Å²) < 4.78 is 10.3. The highest BCUT2D eigenvalue weighted by Crippen LogP contribution is 2.38. The number of hydrogen-bond donors (Lipinski definition) is 0. The van der Waals surface area contributed by atoms with E-state index in [1.807, 2.05) is 0 Å². The minimum atomic E-state index is -0.522. The molecular formula is C8H8BrNO4. The van der Waals surface area contributed by atoms with Crippen molar-refractivity contribution in [1.82, 2.24) is 0 Å². The Morgan fingerprint density at radius 3 is 2.43 bits per heavy atom. The van der Waals surface area contributed by atoms with Crippen molar-refractivity contribution in [3.63, 3.8) is 0 Å². The van der Waals surface area contributed by atoms with Gasteiger partial charge in [-0.2, -0.15) is 0 Å². The summed E-state index contributed by atoms with van der Waals surface area (Å²) in [4.78, 5) is 10.1. The number of nitro groups is 1. The van der Waals surface area contributed by atoms with Gasteiger partial charge in [0, 0.05) is 0 Å². The van der Waals surface area contributed by atoms with E-state index in [0.717, 1.165) is 0 Å². The number of nitro benzene ring substituents is 1. The van der Waals surface area contributed by atoms with Gasteiger partial charge in [-0.25, -0.2) is 0 Å². The van der Waals surface area contributed by atoms with Crippen LogP contribution in [0.2, 0.25) is 0 Å². The number of hydrogen-bond acceptors (Lipinski definition) is 4. The van der Waals surface area contributed by atoms with E-state index in [1.54, 1.807) is 6.07 Å². The summed E-state index contributed by atoms with van der Waals surface area (Å²) in [6, 6.07) is 2.91. The number of ether oxygens (including phenoxy) is 2. The molecule has 0 saturated carbocycles. The molecule has 5 nitrogen and oxygen atoms in total. The summed E-state index contributed by atoms with van der Waals surface area (Å²) in [5, 5.41) is 10.7. The van der Waals surface area contributed by atoms with Gasteiger partial charge >= 0.3 is 5.69 Å². The Morgan fingerprint density at radius 1 is 1.36 bits per heavy atom. The zero-order valence-electron chi connectivity index (χ0n) is 7.61. The number of halogens is 1. The first-order valence-corrected chi connectivity index (χ1v) is 4.45. The monoisotopic (exact) mass is 261 g/mol. The quantitative estimate of drug-likeness (QED) is 0.619. The second-order valence-corrected chi connectivity index (χ2v) is 3.27. The van der Waals surface area contributed by atoms with Gasteiger partial charge in [-0.3, -0.25) is 10.1 Å². The Balaban J connectivity index is 3.35. The van der Waals surface area contributed by atoms with Crippen molar-refractivity contribution in [2.45, 2.75) is 0 Å². The Morgan fingerprint density at radius 2 is 2.00 bits per heavy atom. The Labute approximate surface area is 88.9 Å². The largest absolute Gasteiger partial charge is 0.496 e. The molecule has 6 heteroatoms. The highest BCUT2D eigenvalue weighted by Gasteiger charge is 2.19. The van der Waals surface area contributed by atoms with Gasteiger partial charge in [-0.1, -0.05) is 0 Å². The van der Waals surface area contributed by atoms with Gasteiger partial charge in [0.25, 0.3) is 0 Å². The molecule has 0 unspecified atom stereocenters. The lowest BCUT2D eigenvalue weighted by Crippen LogP contribution is -1.95. The van der Waals surface area contributed by atoms with Crippen LogP contribution in [-0.4, -0.2) is 19.1 Å². The molecular weight excluding hydrogens is 254 g/mol. The Hall–Kier alpha value is -1.30. The fourth-order valence-corrected chi connectivity index (χ4v) is 1.60. The summed E-state index contributed by atoms with van der Waals surface area (Å²) in [6.45, 7) is 0. The third-order valence-electron chi connectivity index (χ3n) is 1.63. The summed E-state index contributed by atoms with van der Waals surface area (Å²) in [5.41, 5.74) is -0.126. The fourth-order valence-electron chi connectivity index (χ4n) is 1.01. The smallest absolute Gasteiger partial charge is 0.315 e. The lowest BCUT2D eigenvalue weighted by atomic mass is 10.3. The number of rotatable bonds is 3. The van der Waals surface area contributed by atoms with Gasteiger partial charge in [0.05, 0.1) is 29.7 Å². The minimum Gasteiger partial charge on any atom is -0.496 e. The van der Waals surface area contributed by atoms with Crippen molar-refractivity contribution in [2.75, 3.05) is 14.2 Å². The summed E-state index contributed by atoms with van der Waals surface area (Å²) in [7, 11) is 2.82. The van der Waals surface area contributed by atoms with Crippen LogP contribution in [-0.2, 0) is 0 Å². The molecule has 0 amide bonds. The third kappa shape index (κ3) is 1.95. The van der Waals surface area contributed by atoms with E-state index in [-0.39, 0.29) is 11.4 Å². The molecule has 1 rings (SSSR count). The summed E-state index contributed by atoms with van der Waals surface area (Å²) >= 11 is 3.16. The van der Waals surface area contributed by atoms with Crippen LogP contribution in [0.4, 0.5) is 5.69 Å². The van der Waals surface area contributed by atoms with Crippen molar-refractivity contribution in [3.05, 3.63) is 26.7 Å². The molecule has 76 valence electrons. The van der Waals surface area contributed by atoms with Crippen LogP contribution >= 0.6 is 15.9 Å². The average Bonchev–Trinajstić information content (AvgIpc) is 2.16. The molecule has 14 heavy (non-hydrogen) atoms. The highest BCUT2D eigenvalue weighted by molar-refractivity contribution is 9.10. The van der Waals surface area contributed by atoms with E-state index in [1.165, 1.54) is 20.3 Å². The van der Waals surface area contributed by atoms with E-state index >= 15 is 0 Å². The Kier molecular flexibility index (Phi) is 3.29. The average molecular weight is 262 g/mol. The van der Waals surface area contributed by atoms with Crippen LogP contribution in [0.15, 0.2) is 16.6 Å².